The zero-order valence-corrected chi connectivity index (χ0v) is 49.0. The number of hydrogen-bond donors (Lipinski definition) is 0. The summed E-state index contributed by atoms with van der Waals surface area (Å²) < 4.78 is 19.8. The van der Waals surface area contributed by atoms with E-state index in [0.29, 0.717) is 22.5 Å². The van der Waals surface area contributed by atoms with Gasteiger partial charge in [0.1, 0.15) is 0 Å². The Bertz CT molecular complexity index is 1610. The maximum absolute atomic E-state index is 13.4. The molecule has 4 aliphatic rings. The van der Waals surface area contributed by atoms with E-state index in [2.05, 4.69) is 83.1 Å². The Hall–Kier alpha value is -0.952. The van der Waals surface area contributed by atoms with Crippen LogP contribution in [0, 0.1) is 31.1 Å². The van der Waals surface area contributed by atoms with Crippen molar-refractivity contribution in [1.82, 2.24) is 0 Å². The number of hydrogen-bond acceptors (Lipinski definition) is 8. The molecule has 12 heteroatoms. The molecule has 0 amide bonds. The van der Waals surface area contributed by atoms with Crippen molar-refractivity contribution in [3.8, 4) is 11.5 Å². The molecule has 3 aromatic rings. The Morgan fingerprint density at radius 2 is 0.688 bits per heavy atom. The molecule has 4 heterocycles. The second-order valence-corrected chi connectivity index (χ2v) is 20.2. The van der Waals surface area contributed by atoms with Crippen molar-refractivity contribution in [1.29, 1.82) is 0 Å². The van der Waals surface area contributed by atoms with Crippen molar-refractivity contribution in [3.05, 3.63) is 81.9 Å². The van der Waals surface area contributed by atoms with Crippen LogP contribution in [-0.4, -0.2) is 65.3 Å². The molecule has 0 saturated carbocycles. The molecule has 10 nitrogen and oxygen atoms in total. The average molecular weight is 1140 g/mol. The minimum absolute atomic E-state index is 0. The summed E-state index contributed by atoms with van der Waals surface area (Å²) in [6, 6.07) is 15.5. The van der Waals surface area contributed by atoms with Crippen molar-refractivity contribution >= 4 is 23.8 Å². The topological polar surface area (TPSA) is 165 Å². The van der Waals surface area contributed by atoms with Gasteiger partial charge in [0.25, 0.3) is 0 Å². The van der Waals surface area contributed by atoms with Gasteiger partial charge in [-0.1, -0.05) is 131 Å². The van der Waals surface area contributed by atoms with Gasteiger partial charge in [0, 0.05) is 96.4 Å². The zero-order chi connectivity index (χ0) is 44.4. The average Bonchev–Trinajstić information content (AvgIpc) is 4.03. The van der Waals surface area contributed by atoms with E-state index in [4.69, 9.17) is 28.9 Å². The van der Waals surface area contributed by atoms with Crippen LogP contribution in [0.2, 0.25) is 0 Å². The van der Waals surface area contributed by atoms with Crippen LogP contribution in [0.5, 0.6) is 11.5 Å². The second-order valence-electron chi connectivity index (χ2n) is 20.2. The number of para-hydroxylation sites is 2. The molecule has 64 heavy (non-hydrogen) atoms. The number of aliphatic imine (C=N–C) groups is 2. The van der Waals surface area contributed by atoms with Gasteiger partial charge in [-0.2, -0.15) is 0 Å². The zero-order valence-electron chi connectivity index (χ0n) is 41.7. The Morgan fingerprint density at radius 1 is 0.438 bits per heavy atom. The van der Waals surface area contributed by atoms with E-state index in [1.54, 1.807) is 12.4 Å². The van der Waals surface area contributed by atoms with E-state index in [1.165, 1.54) is 51.4 Å². The smallest absolute Gasteiger partial charge is 1.00 e. The maximum Gasteiger partial charge on any atom is 1.00 e. The molecule has 0 spiro atoms. The van der Waals surface area contributed by atoms with Crippen LogP contribution in [0.1, 0.15) is 168 Å². The summed E-state index contributed by atoms with van der Waals surface area (Å²) in [5, 5.41) is 26.8. The minimum atomic E-state index is -0.285. The summed E-state index contributed by atoms with van der Waals surface area (Å²) in [6.07, 6.45) is 13.5. The molecule has 4 saturated heterocycles. The first kappa shape index (κ1) is 65.1. The van der Waals surface area contributed by atoms with E-state index >= 15 is 0 Å². The molecule has 0 bridgehead atoms. The van der Waals surface area contributed by atoms with Gasteiger partial charge in [0.2, 0.25) is 0 Å². The molecule has 0 radical (unpaired) electrons. The minimum Gasteiger partial charge on any atom is -2.00 e. The standard InChI is InChI=1S/C36H48N2O2.4C4H8O.K.2O.U/c1-33(2,3)25-17-23(31(39)27(19-25)35(7,8)9)21-37-29-15-13-14-16-30(29)38-22-24-18-26(34(4,5)6)20-28(32(24)40)36(10,11)12;4*1-2-4-5-3-1;;;;/h13-22,39-40H,1-12H3;4*1-4H2;;;;/q;;;;;+1;2*-2;/p-2. The molecule has 4 fully saturated rings. The summed E-state index contributed by atoms with van der Waals surface area (Å²) in [7, 11) is 0. The van der Waals surface area contributed by atoms with Gasteiger partial charge >= 0.3 is 51.4 Å². The SMILES string of the molecule is C1CCOC1.C1CCOC1.C1CCOC1.C1CCOC1.CC(C)(C)c1cc(C=Nc2ccccc2N=Cc2cc(C(C)(C)C)cc(C(C)(C)C)c2[O-])c([O-])c(C(C)(C)C)c1.[K+].[O-2].[O-2].[U]. The quantitative estimate of drug-likeness (QED) is 0.188. The Kier molecular flexibility index (Phi) is 32.5. The summed E-state index contributed by atoms with van der Waals surface area (Å²) in [5.74, 6) is -0.00938. The normalized spacial score (nSPS) is 15.9. The van der Waals surface area contributed by atoms with Crippen LogP contribution < -0.4 is 61.6 Å². The molecule has 0 unspecified atom stereocenters. The molecule has 4 aliphatic heterocycles. The van der Waals surface area contributed by atoms with Gasteiger partial charge in [0.15, 0.2) is 0 Å². The Labute approximate surface area is 454 Å². The van der Waals surface area contributed by atoms with E-state index in [-0.39, 0.29) is 127 Å². The van der Waals surface area contributed by atoms with Gasteiger partial charge in [-0.3, -0.25) is 9.98 Å². The van der Waals surface area contributed by atoms with E-state index < -0.39 is 0 Å². The molecule has 0 N–H and O–H groups in total. The van der Waals surface area contributed by atoms with Gasteiger partial charge in [-0.05, 0) is 119 Å². The summed E-state index contributed by atoms with van der Waals surface area (Å²) in [5.41, 5.74) is 5.36. The summed E-state index contributed by atoms with van der Waals surface area (Å²) >= 11 is 0. The third-order valence-corrected chi connectivity index (χ3v) is 10.5. The van der Waals surface area contributed by atoms with Crippen LogP contribution in [0.4, 0.5) is 11.4 Å². The summed E-state index contributed by atoms with van der Waals surface area (Å²) in [6.45, 7) is 33.2. The Morgan fingerprint density at radius 3 is 0.875 bits per heavy atom. The van der Waals surface area contributed by atoms with Crippen molar-refractivity contribution in [3.63, 3.8) is 0 Å². The number of nitrogens with zero attached hydrogens (tertiary/aromatic N) is 2. The first-order valence-corrected chi connectivity index (χ1v) is 22.4. The fraction of sp³-hybridized carbons (Fsp3) is 0.615. The van der Waals surface area contributed by atoms with Crippen LogP contribution in [0.15, 0.2) is 58.5 Å². The number of rotatable bonds is 4. The number of benzene rings is 3. The van der Waals surface area contributed by atoms with Crippen molar-refractivity contribution < 1.29 is 123 Å². The molecular formula is C52H78KN2O8U-5. The monoisotopic (exact) mass is 1140 g/mol. The van der Waals surface area contributed by atoms with Crippen LogP contribution in [0.25, 0.3) is 0 Å². The fourth-order valence-electron chi connectivity index (χ4n) is 6.48. The molecule has 0 aliphatic carbocycles. The largest absolute Gasteiger partial charge is 2.00 e. The van der Waals surface area contributed by atoms with E-state index in [9.17, 15) is 10.2 Å². The van der Waals surface area contributed by atoms with Crippen LogP contribution in [-0.2, 0) is 51.6 Å². The maximum atomic E-state index is 13.4. The van der Waals surface area contributed by atoms with Gasteiger partial charge in [-0.25, -0.2) is 0 Å². The first-order valence-electron chi connectivity index (χ1n) is 22.4. The molecule has 354 valence electrons. The second kappa shape index (κ2) is 32.0. The molecular weight excluding hydrogens is 1060 g/mol. The third kappa shape index (κ3) is 23.9. The van der Waals surface area contributed by atoms with Crippen LogP contribution in [0.3, 0.4) is 0 Å². The fourth-order valence-corrected chi connectivity index (χ4v) is 6.48. The van der Waals surface area contributed by atoms with Crippen molar-refractivity contribution in [2.45, 2.75) is 156 Å². The van der Waals surface area contributed by atoms with Crippen molar-refractivity contribution in [2.75, 3.05) is 52.9 Å². The molecule has 7 rings (SSSR count). The van der Waals surface area contributed by atoms with Gasteiger partial charge < -0.3 is 40.1 Å². The molecule has 0 aromatic heterocycles. The van der Waals surface area contributed by atoms with E-state index in [0.717, 1.165) is 75.1 Å². The predicted octanol–water partition coefficient (Wildman–Crippen LogP) is 8.48. The summed E-state index contributed by atoms with van der Waals surface area (Å²) in [4.78, 5) is 9.43. The molecule has 3 aromatic carbocycles. The Balaban J connectivity index is 0. The predicted molar refractivity (Wildman–Crippen MR) is 249 cm³/mol. The first-order chi connectivity index (χ1) is 28.2. The van der Waals surface area contributed by atoms with Gasteiger partial charge in [-0.15, -0.1) is 0 Å². The molecule has 0 atom stereocenters. The van der Waals surface area contributed by atoms with Crippen molar-refractivity contribution in [2.24, 2.45) is 9.98 Å². The number of ether oxygens (including phenoxy) is 4. The third-order valence-electron chi connectivity index (χ3n) is 10.5. The van der Waals surface area contributed by atoms with E-state index in [1.807, 2.05) is 48.5 Å². The van der Waals surface area contributed by atoms with Crippen LogP contribution >= 0.6 is 0 Å². The van der Waals surface area contributed by atoms with Gasteiger partial charge in [0.05, 0.1) is 11.4 Å².